The van der Waals surface area contributed by atoms with Crippen LogP contribution in [0.15, 0.2) is 48.5 Å². The summed E-state index contributed by atoms with van der Waals surface area (Å²) in [6.07, 6.45) is 0. The molecule has 2 rings (SSSR count). The molecule has 2 aromatic rings. The van der Waals surface area contributed by atoms with Crippen molar-refractivity contribution in [3.63, 3.8) is 0 Å². The summed E-state index contributed by atoms with van der Waals surface area (Å²) in [7, 11) is 0. The van der Waals surface area contributed by atoms with Crippen molar-refractivity contribution in [1.82, 2.24) is 5.32 Å². The first-order chi connectivity index (χ1) is 11.8. The molecule has 5 nitrogen and oxygen atoms in total. The van der Waals surface area contributed by atoms with Gasteiger partial charge in [0.25, 0.3) is 0 Å². The van der Waals surface area contributed by atoms with Crippen molar-refractivity contribution < 1.29 is 9.59 Å². The maximum absolute atomic E-state index is 12.1. The zero-order valence-electron chi connectivity index (χ0n) is 14.5. The van der Waals surface area contributed by atoms with Gasteiger partial charge in [0.15, 0.2) is 0 Å². The van der Waals surface area contributed by atoms with E-state index in [9.17, 15) is 9.59 Å². The SMILES string of the molecule is CC(=O)Nc1ccc(NC(=O)NCC(C)(C)c2ccc(Cl)cc2)cc1. The van der Waals surface area contributed by atoms with Gasteiger partial charge in [-0.25, -0.2) is 4.79 Å². The number of rotatable bonds is 5. The average Bonchev–Trinajstić information content (AvgIpc) is 2.55. The van der Waals surface area contributed by atoms with Crippen LogP contribution in [0.5, 0.6) is 0 Å². The van der Waals surface area contributed by atoms with Gasteiger partial charge in [-0.3, -0.25) is 4.79 Å². The van der Waals surface area contributed by atoms with E-state index < -0.39 is 0 Å². The van der Waals surface area contributed by atoms with E-state index in [2.05, 4.69) is 29.8 Å². The zero-order chi connectivity index (χ0) is 18.4. The number of urea groups is 1. The smallest absolute Gasteiger partial charge is 0.319 e. The molecule has 0 radical (unpaired) electrons. The number of hydrogen-bond donors (Lipinski definition) is 3. The minimum absolute atomic E-state index is 0.136. The molecule has 3 amide bonds. The van der Waals surface area contributed by atoms with Crippen LogP contribution in [0.4, 0.5) is 16.2 Å². The highest BCUT2D eigenvalue weighted by Gasteiger charge is 2.21. The first kappa shape index (κ1) is 18.8. The van der Waals surface area contributed by atoms with Crippen LogP contribution in [0, 0.1) is 0 Å². The second-order valence-corrected chi connectivity index (χ2v) is 6.89. The first-order valence-electron chi connectivity index (χ1n) is 7.95. The fourth-order valence-corrected chi connectivity index (χ4v) is 2.45. The molecule has 0 bridgehead atoms. The Hall–Kier alpha value is -2.53. The number of anilines is 2. The van der Waals surface area contributed by atoms with Gasteiger partial charge in [-0.2, -0.15) is 0 Å². The Labute approximate surface area is 152 Å². The molecule has 0 aromatic heterocycles. The molecule has 0 aliphatic rings. The molecule has 132 valence electrons. The van der Waals surface area contributed by atoms with Crippen LogP contribution in [0.2, 0.25) is 5.02 Å². The lowest BCUT2D eigenvalue weighted by Gasteiger charge is -2.25. The second kappa shape index (κ2) is 8.03. The van der Waals surface area contributed by atoms with E-state index in [1.54, 1.807) is 24.3 Å². The van der Waals surface area contributed by atoms with E-state index in [1.807, 2.05) is 24.3 Å². The predicted octanol–water partition coefficient (Wildman–Crippen LogP) is 4.40. The molecule has 6 heteroatoms. The molecule has 0 aliphatic carbocycles. The summed E-state index contributed by atoms with van der Waals surface area (Å²) in [6, 6.07) is 14.2. The van der Waals surface area contributed by atoms with E-state index in [1.165, 1.54) is 6.92 Å². The van der Waals surface area contributed by atoms with E-state index in [4.69, 9.17) is 11.6 Å². The first-order valence-corrected chi connectivity index (χ1v) is 8.33. The van der Waals surface area contributed by atoms with Gasteiger partial charge < -0.3 is 16.0 Å². The van der Waals surface area contributed by atoms with Gasteiger partial charge in [-0.1, -0.05) is 37.6 Å². The molecule has 0 spiro atoms. The minimum Gasteiger partial charge on any atom is -0.337 e. The van der Waals surface area contributed by atoms with Crippen molar-refractivity contribution in [2.45, 2.75) is 26.2 Å². The number of hydrogen-bond acceptors (Lipinski definition) is 2. The summed E-state index contributed by atoms with van der Waals surface area (Å²) in [5, 5.41) is 9.01. The molecule has 0 saturated heterocycles. The molecule has 0 heterocycles. The van der Waals surface area contributed by atoms with Crippen molar-refractivity contribution in [2.24, 2.45) is 0 Å². The summed E-state index contributed by atoms with van der Waals surface area (Å²) < 4.78 is 0. The predicted molar refractivity (Wildman–Crippen MR) is 102 cm³/mol. The third-order valence-electron chi connectivity index (χ3n) is 3.78. The molecule has 2 aromatic carbocycles. The minimum atomic E-state index is -0.283. The average molecular weight is 360 g/mol. The van der Waals surface area contributed by atoms with Crippen molar-refractivity contribution in [3.05, 3.63) is 59.1 Å². The van der Waals surface area contributed by atoms with E-state index in [0.29, 0.717) is 22.9 Å². The van der Waals surface area contributed by atoms with Gasteiger partial charge in [0.05, 0.1) is 0 Å². The van der Waals surface area contributed by atoms with Gasteiger partial charge in [-0.05, 0) is 42.0 Å². The Morgan fingerprint density at radius 3 is 1.96 bits per heavy atom. The van der Waals surface area contributed by atoms with Crippen LogP contribution < -0.4 is 16.0 Å². The monoisotopic (exact) mass is 359 g/mol. The van der Waals surface area contributed by atoms with Crippen molar-refractivity contribution in [3.8, 4) is 0 Å². The maximum atomic E-state index is 12.1. The Balaban J connectivity index is 1.89. The Morgan fingerprint density at radius 1 is 0.920 bits per heavy atom. The zero-order valence-corrected chi connectivity index (χ0v) is 15.3. The van der Waals surface area contributed by atoms with Gasteiger partial charge in [0, 0.05) is 35.3 Å². The molecular formula is C19H22ClN3O2. The summed E-state index contributed by atoms with van der Waals surface area (Å²) in [5.74, 6) is -0.136. The number of carbonyl (C=O) groups excluding carboxylic acids is 2. The van der Waals surface area contributed by atoms with Crippen LogP contribution in [0.1, 0.15) is 26.3 Å². The van der Waals surface area contributed by atoms with Crippen molar-refractivity contribution >= 4 is 34.9 Å². The van der Waals surface area contributed by atoms with E-state index in [0.717, 1.165) is 5.56 Å². The van der Waals surface area contributed by atoms with E-state index in [-0.39, 0.29) is 17.4 Å². The fourth-order valence-electron chi connectivity index (χ4n) is 2.32. The lowest BCUT2D eigenvalue weighted by atomic mass is 9.85. The molecule has 0 aliphatic heterocycles. The van der Waals surface area contributed by atoms with Crippen molar-refractivity contribution in [1.29, 1.82) is 0 Å². The van der Waals surface area contributed by atoms with Gasteiger partial charge in [-0.15, -0.1) is 0 Å². The van der Waals surface area contributed by atoms with Crippen LogP contribution >= 0.6 is 11.6 Å². The number of carbonyl (C=O) groups is 2. The molecule has 3 N–H and O–H groups in total. The van der Waals surface area contributed by atoms with Crippen LogP contribution in [0.3, 0.4) is 0 Å². The van der Waals surface area contributed by atoms with Gasteiger partial charge in [0.2, 0.25) is 5.91 Å². The van der Waals surface area contributed by atoms with Gasteiger partial charge >= 0.3 is 6.03 Å². The Morgan fingerprint density at radius 2 is 1.44 bits per heavy atom. The highest BCUT2D eigenvalue weighted by Crippen LogP contribution is 2.24. The van der Waals surface area contributed by atoms with Crippen LogP contribution in [-0.4, -0.2) is 18.5 Å². The number of benzene rings is 2. The maximum Gasteiger partial charge on any atom is 0.319 e. The molecule has 0 saturated carbocycles. The molecule has 0 fully saturated rings. The fraction of sp³-hybridized carbons (Fsp3) is 0.263. The van der Waals surface area contributed by atoms with Crippen LogP contribution in [-0.2, 0) is 10.2 Å². The third kappa shape index (κ3) is 5.80. The van der Waals surface area contributed by atoms with Crippen LogP contribution in [0.25, 0.3) is 0 Å². The standard InChI is InChI=1S/C19H22ClN3O2/c1-13(24)22-16-8-10-17(11-9-16)23-18(25)21-12-19(2,3)14-4-6-15(20)7-5-14/h4-11H,12H2,1-3H3,(H,22,24)(H2,21,23,25). The summed E-state index contributed by atoms with van der Waals surface area (Å²) in [4.78, 5) is 23.1. The van der Waals surface area contributed by atoms with Gasteiger partial charge in [0.1, 0.15) is 0 Å². The molecule has 0 unspecified atom stereocenters. The summed E-state index contributed by atoms with van der Waals surface area (Å²) in [6.45, 7) is 6.03. The Bertz CT molecular complexity index is 740. The number of amides is 3. The largest absolute Gasteiger partial charge is 0.337 e. The number of halogens is 1. The van der Waals surface area contributed by atoms with E-state index >= 15 is 0 Å². The summed E-state index contributed by atoms with van der Waals surface area (Å²) >= 11 is 5.92. The molecule has 0 atom stereocenters. The normalized spacial score (nSPS) is 10.9. The third-order valence-corrected chi connectivity index (χ3v) is 4.03. The lowest BCUT2D eigenvalue weighted by Crippen LogP contribution is -2.38. The van der Waals surface area contributed by atoms with Crippen molar-refractivity contribution in [2.75, 3.05) is 17.2 Å². The highest BCUT2D eigenvalue weighted by atomic mass is 35.5. The molecular weight excluding hydrogens is 338 g/mol. The number of nitrogens with one attached hydrogen (secondary N) is 3. The second-order valence-electron chi connectivity index (χ2n) is 6.46. The summed E-state index contributed by atoms with van der Waals surface area (Å²) in [5.41, 5.74) is 2.20. The highest BCUT2D eigenvalue weighted by molar-refractivity contribution is 6.30. The lowest BCUT2D eigenvalue weighted by molar-refractivity contribution is -0.114. The quantitative estimate of drug-likeness (QED) is 0.740. The topological polar surface area (TPSA) is 70.2 Å². The Kier molecular flexibility index (Phi) is 6.04. The molecule has 25 heavy (non-hydrogen) atoms.